The van der Waals surface area contributed by atoms with E-state index in [9.17, 15) is 0 Å². The minimum atomic E-state index is 0.215. The molecule has 5 heteroatoms. The highest BCUT2D eigenvalue weighted by Gasteiger charge is 2.04. The van der Waals surface area contributed by atoms with Gasteiger partial charge in [0.15, 0.2) is 0 Å². The van der Waals surface area contributed by atoms with Crippen molar-refractivity contribution in [1.82, 2.24) is 15.1 Å². The summed E-state index contributed by atoms with van der Waals surface area (Å²) in [6.45, 7) is 1.83. The number of hydrogen-bond acceptors (Lipinski definition) is 5. The van der Waals surface area contributed by atoms with Crippen molar-refractivity contribution >= 4 is 17.0 Å². The molecule has 11 heavy (non-hydrogen) atoms. The van der Waals surface area contributed by atoms with Gasteiger partial charge in [0.25, 0.3) is 5.71 Å². The monoisotopic (exact) mass is 150 g/mol. The molecule has 5 nitrogen and oxygen atoms in total. The van der Waals surface area contributed by atoms with Crippen LogP contribution in [-0.4, -0.2) is 15.1 Å². The first kappa shape index (κ1) is 6.09. The predicted molar refractivity (Wildman–Crippen MR) is 38.7 cm³/mol. The first-order valence-electron chi connectivity index (χ1n) is 3.12. The molecule has 0 unspecified atom stereocenters. The molecule has 2 heterocycles. The van der Waals surface area contributed by atoms with Crippen molar-refractivity contribution in [3.8, 4) is 0 Å². The molecule has 2 N–H and O–H groups in total. The van der Waals surface area contributed by atoms with Gasteiger partial charge in [-0.2, -0.15) is 4.98 Å². The summed E-state index contributed by atoms with van der Waals surface area (Å²) in [5, 5.41) is 4.38. The van der Waals surface area contributed by atoms with Gasteiger partial charge in [-0.05, 0) is 6.92 Å². The van der Waals surface area contributed by atoms with Crippen LogP contribution in [0.2, 0.25) is 0 Å². The van der Waals surface area contributed by atoms with Crippen molar-refractivity contribution in [2.24, 2.45) is 0 Å². The van der Waals surface area contributed by atoms with E-state index in [4.69, 9.17) is 10.3 Å². The van der Waals surface area contributed by atoms with Crippen LogP contribution >= 0.6 is 0 Å². The lowest BCUT2D eigenvalue weighted by atomic mass is 10.3. The van der Waals surface area contributed by atoms with E-state index in [2.05, 4.69) is 15.1 Å². The Kier molecular flexibility index (Phi) is 1.06. The largest absolute Gasteiger partial charge is 0.368 e. The highest BCUT2D eigenvalue weighted by Crippen LogP contribution is 2.13. The second kappa shape index (κ2) is 1.91. The van der Waals surface area contributed by atoms with Crippen LogP contribution in [0.4, 0.5) is 5.95 Å². The summed E-state index contributed by atoms with van der Waals surface area (Å²) in [5.74, 6) is 0.215. The van der Waals surface area contributed by atoms with E-state index in [0.717, 1.165) is 11.1 Å². The van der Waals surface area contributed by atoms with Crippen molar-refractivity contribution in [3.05, 3.63) is 11.9 Å². The molecular weight excluding hydrogens is 144 g/mol. The van der Waals surface area contributed by atoms with E-state index in [-0.39, 0.29) is 5.95 Å². The quantitative estimate of drug-likeness (QED) is 0.591. The average Bonchev–Trinajstić information content (AvgIpc) is 2.34. The molecule has 0 aliphatic rings. The van der Waals surface area contributed by atoms with Crippen LogP contribution in [0.5, 0.6) is 0 Å². The number of hydrogen-bond donors (Lipinski definition) is 1. The van der Waals surface area contributed by atoms with Gasteiger partial charge in [0.1, 0.15) is 0 Å². The zero-order chi connectivity index (χ0) is 7.84. The SMILES string of the molecule is Cc1nc(N)nc2oncc12. The zero-order valence-electron chi connectivity index (χ0n) is 5.90. The summed E-state index contributed by atoms with van der Waals surface area (Å²) < 4.78 is 4.80. The smallest absolute Gasteiger partial charge is 0.262 e. The highest BCUT2D eigenvalue weighted by atomic mass is 16.5. The van der Waals surface area contributed by atoms with E-state index >= 15 is 0 Å². The molecule has 0 aliphatic heterocycles. The molecule has 0 radical (unpaired) electrons. The van der Waals surface area contributed by atoms with Crippen LogP contribution in [0.25, 0.3) is 11.1 Å². The molecular formula is C6H6N4O. The van der Waals surface area contributed by atoms with Gasteiger partial charge in [-0.15, -0.1) is 0 Å². The first-order chi connectivity index (χ1) is 5.27. The van der Waals surface area contributed by atoms with Crippen molar-refractivity contribution in [2.45, 2.75) is 6.92 Å². The second-order valence-electron chi connectivity index (χ2n) is 2.21. The summed E-state index contributed by atoms with van der Waals surface area (Å²) >= 11 is 0. The van der Waals surface area contributed by atoms with Crippen molar-refractivity contribution < 1.29 is 4.52 Å². The molecule has 56 valence electrons. The molecule has 0 saturated heterocycles. The summed E-state index contributed by atoms with van der Waals surface area (Å²) in [4.78, 5) is 7.77. The Morgan fingerprint density at radius 1 is 1.45 bits per heavy atom. The third-order valence-corrected chi connectivity index (χ3v) is 1.44. The number of rotatable bonds is 0. The standard InChI is InChI=1S/C6H6N4O/c1-3-4-2-8-11-5(4)10-6(7)9-3/h2H,1H3,(H2,7,9,10). The summed E-state index contributed by atoms with van der Waals surface area (Å²) in [7, 11) is 0. The van der Waals surface area contributed by atoms with Gasteiger partial charge >= 0.3 is 0 Å². The van der Waals surface area contributed by atoms with E-state index in [1.54, 1.807) is 6.20 Å². The Bertz CT molecular complexity index is 394. The third kappa shape index (κ3) is 0.813. The lowest BCUT2D eigenvalue weighted by Crippen LogP contribution is -1.95. The van der Waals surface area contributed by atoms with Gasteiger partial charge in [0.2, 0.25) is 5.95 Å². The maximum absolute atomic E-state index is 5.37. The average molecular weight is 150 g/mol. The number of aromatic nitrogens is 3. The molecule has 0 amide bonds. The van der Waals surface area contributed by atoms with Gasteiger partial charge in [0, 0.05) is 0 Å². The Balaban J connectivity index is 2.91. The number of anilines is 1. The molecule has 0 fully saturated rings. The lowest BCUT2D eigenvalue weighted by Gasteiger charge is -1.92. The predicted octanol–water partition coefficient (Wildman–Crippen LogP) is 0.508. The van der Waals surface area contributed by atoms with E-state index in [1.165, 1.54) is 0 Å². The van der Waals surface area contributed by atoms with Crippen LogP contribution < -0.4 is 5.73 Å². The Labute approximate surface area is 62.2 Å². The summed E-state index contributed by atoms with van der Waals surface area (Å²) in [6, 6.07) is 0. The molecule has 0 aliphatic carbocycles. The number of nitrogens with zero attached hydrogens (tertiary/aromatic N) is 3. The third-order valence-electron chi connectivity index (χ3n) is 1.44. The minimum Gasteiger partial charge on any atom is -0.368 e. The molecule has 2 rings (SSSR count). The fourth-order valence-corrected chi connectivity index (χ4v) is 0.923. The Morgan fingerprint density at radius 3 is 3.09 bits per heavy atom. The van der Waals surface area contributed by atoms with Gasteiger partial charge in [-0.1, -0.05) is 5.16 Å². The Hall–Kier alpha value is -1.65. The molecule has 0 aromatic carbocycles. The molecule has 2 aromatic heterocycles. The first-order valence-corrected chi connectivity index (χ1v) is 3.12. The minimum absolute atomic E-state index is 0.215. The summed E-state index contributed by atoms with van der Waals surface area (Å²) in [6.07, 6.45) is 1.57. The van der Waals surface area contributed by atoms with E-state index < -0.39 is 0 Å². The molecule has 0 atom stereocenters. The molecule has 0 bridgehead atoms. The van der Waals surface area contributed by atoms with Crippen molar-refractivity contribution in [1.29, 1.82) is 0 Å². The second-order valence-corrected chi connectivity index (χ2v) is 2.21. The number of fused-ring (bicyclic) bond motifs is 1. The van der Waals surface area contributed by atoms with Crippen molar-refractivity contribution in [3.63, 3.8) is 0 Å². The van der Waals surface area contributed by atoms with Crippen LogP contribution in [0, 0.1) is 6.92 Å². The number of nitrogens with two attached hydrogens (primary N) is 1. The van der Waals surface area contributed by atoms with Crippen LogP contribution in [-0.2, 0) is 0 Å². The fourth-order valence-electron chi connectivity index (χ4n) is 0.923. The molecule has 0 saturated carbocycles. The van der Waals surface area contributed by atoms with Gasteiger partial charge in [-0.25, -0.2) is 4.98 Å². The highest BCUT2D eigenvalue weighted by molar-refractivity contribution is 5.75. The zero-order valence-corrected chi connectivity index (χ0v) is 5.90. The molecule has 2 aromatic rings. The van der Waals surface area contributed by atoms with Crippen LogP contribution in [0.15, 0.2) is 10.7 Å². The number of nitrogen functional groups attached to an aromatic ring is 1. The van der Waals surface area contributed by atoms with Crippen LogP contribution in [0.3, 0.4) is 0 Å². The maximum Gasteiger partial charge on any atom is 0.262 e. The summed E-state index contributed by atoms with van der Waals surface area (Å²) in [5.41, 5.74) is 6.60. The van der Waals surface area contributed by atoms with Gasteiger partial charge in [-0.3, -0.25) is 0 Å². The topological polar surface area (TPSA) is 77.8 Å². The van der Waals surface area contributed by atoms with Gasteiger partial charge in [0.05, 0.1) is 17.3 Å². The fraction of sp³-hybridized carbons (Fsp3) is 0.167. The van der Waals surface area contributed by atoms with Gasteiger partial charge < -0.3 is 10.3 Å². The van der Waals surface area contributed by atoms with E-state index in [1.807, 2.05) is 6.92 Å². The Morgan fingerprint density at radius 2 is 2.27 bits per heavy atom. The van der Waals surface area contributed by atoms with Crippen molar-refractivity contribution in [2.75, 3.05) is 5.73 Å². The number of aryl methyl sites for hydroxylation is 1. The van der Waals surface area contributed by atoms with Crippen LogP contribution in [0.1, 0.15) is 5.69 Å². The lowest BCUT2D eigenvalue weighted by molar-refractivity contribution is 0.448. The molecule has 0 spiro atoms. The maximum atomic E-state index is 5.37. The van der Waals surface area contributed by atoms with E-state index in [0.29, 0.717) is 5.71 Å². The normalized spacial score (nSPS) is 10.6.